The van der Waals surface area contributed by atoms with E-state index in [1.807, 2.05) is 0 Å². The van der Waals surface area contributed by atoms with Gasteiger partial charge in [-0.3, -0.25) is 4.79 Å². The lowest BCUT2D eigenvalue weighted by atomic mass is 9.80. The fraction of sp³-hybridized carbons (Fsp3) is 0.625. The number of pyridine rings is 1. The molecule has 1 aliphatic carbocycles. The Labute approximate surface area is 146 Å². The molecule has 5 nitrogen and oxygen atoms in total. The standard InChI is InChI=1S/C16H19F5N2O3/c17-15(18)4-2-14(25,3-5-15)8-12(24)23-9-11-1-6-22-13(7-11)26-10-16(19,20)21/h1,6-7,25H,2-5,8-10H2,(H,23,24). The Kier molecular flexibility index (Phi) is 6.05. The van der Waals surface area contributed by atoms with Crippen LogP contribution in [0.5, 0.6) is 5.88 Å². The molecular weight excluding hydrogens is 363 g/mol. The molecule has 1 saturated carbocycles. The van der Waals surface area contributed by atoms with E-state index in [0.29, 0.717) is 5.56 Å². The van der Waals surface area contributed by atoms with E-state index >= 15 is 0 Å². The quantitative estimate of drug-likeness (QED) is 0.742. The Morgan fingerprint density at radius 2 is 1.92 bits per heavy atom. The molecule has 2 N–H and O–H groups in total. The predicted molar refractivity (Wildman–Crippen MR) is 80.6 cm³/mol. The molecule has 0 radical (unpaired) electrons. The van der Waals surface area contributed by atoms with Crippen molar-refractivity contribution in [2.24, 2.45) is 0 Å². The molecule has 0 aliphatic heterocycles. The van der Waals surface area contributed by atoms with Gasteiger partial charge in [0.1, 0.15) is 0 Å². The molecule has 1 amide bonds. The van der Waals surface area contributed by atoms with E-state index in [-0.39, 0.29) is 31.7 Å². The maximum absolute atomic E-state index is 13.1. The van der Waals surface area contributed by atoms with Crippen LogP contribution in [-0.2, 0) is 11.3 Å². The molecule has 1 fully saturated rings. The number of halogens is 5. The zero-order valence-electron chi connectivity index (χ0n) is 13.8. The summed E-state index contributed by atoms with van der Waals surface area (Å²) in [5.74, 6) is -3.58. The van der Waals surface area contributed by atoms with Crippen molar-refractivity contribution < 1.29 is 36.6 Å². The van der Waals surface area contributed by atoms with Crippen LogP contribution in [0.4, 0.5) is 22.0 Å². The van der Waals surface area contributed by atoms with Crippen molar-refractivity contribution in [1.82, 2.24) is 10.3 Å². The summed E-state index contributed by atoms with van der Waals surface area (Å²) < 4.78 is 67.1. The first-order valence-corrected chi connectivity index (χ1v) is 7.98. The summed E-state index contributed by atoms with van der Waals surface area (Å²) in [6.45, 7) is -1.50. The molecule has 10 heteroatoms. The van der Waals surface area contributed by atoms with Crippen LogP contribution in [0, 0.1) is 0 Å². The molecule has 0 atom stereocenters. The molecule has 1 heterocycles. The Balaban J connectivity index is 1.82. The molecule has 2 rings (SSSR count). The summed E-state index contributed by atoms with van der Waals surface area (Å²) in [5, 5.41) is 12.7. The number of nitrogens with zero attached hydrogens (tertiary/aromatic N) is 1. The van der Waals surface area contributed by atoms with Gasteiger partial charge in [0.25, 0.3) is 0 Å². The number of hydrogen-bond acceptors (Lipinski definition) is 4. The lowest BCUT2D eigenvalue weighted by Gasteiger charge is -2.35. The molecule has 146 valence electrons. The zero-order valence-corrected chi connectivity index (χ0v) is 13.8. The highest BCUT2D eigenvalue weighted by atomic mass is 19.4. The van der Waals surface area contributed by atoms with Crippen LogP contribution in [0.2, 0.25) is 0 Å². The highest BCUT2D eigenvalue weighted by Crippen LogP contribution is 2.39. The Bertz CT molecular complexity index is 627. The van der Waals surface area contributed by atoms with Crippen LogP contribution >= 0.6 is 0 Å². The van der Waals surface area contributed by atoms with Gasteiger partial charge in [0, 0.05) is 31.6 Å². The summed E-state index contributed by atoms with van der Waals surface area (Å²) >= 11 is 0. The van der Waals surface area contributed by atoms with E-state index < -0.39 is 43.1 Å². The van der Waals surface area contributed by atoms with Gasteiger partial charge in [-0.05, 0) is 24.5 Å². The topological polar surface area (TPSA) is 71.5 Å². The second-order valence-corrected chi connectivity index (χ2v) is 6.44. The number of hydrogen-bond donors (Lipinski definition) is 2. The number of ether oxygens (including phenoxy) is 1. The molecule has 1 aromatic heterocycles. The average Bonchev–Trinajstić information content (AvgIpc) is 2.54. The third kappa shape index (κ3) is 6.74. The van der Waals surface area contributed by atoms with Crippen LogP contribution in [0.25, 0.3) is 0 Å². The van der Waals surface area contributed by atoms with Gasteiger partial charge in [-0.1, -0.05) is 0 Å². The van der Waals surface area contributed by atoms with Gasteiger partial charge in [0.05, 0.1) is 12.0 Å². The fourth-order valence-electron chi connectivity index (χ4n) is 2.62. The molecule has 0 aromatic carbocycles. The molecule has 1 aromatic rings. The number of rotatable bonds is 6. The monoisotopic (exact) mass is 382 g/mol. The van der Waals surface area contributed by atoms with Crippen molar-refractivity contribution in [2.45, 2.75) is 56.3 Å². The predicted octanol–water partition coefficient (Wildman–Crippen LogP) is 2.97. The minimum atomic E-state index is -4.49. The first kappa shape index (κ1) is 20.3. The Morgan fingerprint density at radius 1 is 1.27 bits per heavy atom. The van der Waals surface area contributed by atoms with E-state index in [2.05, 4.69) is 15.0 Å². The van der Waals surface area contributed by atoms with E-state index in [1.165, 1.54) is 18.3 Å². The molecule has 0 bridgehead atoms. The molecule has 26 heavy (non-hydrogen) atoms. The molecule has 0 saturated heterocycles. The van der Waals surface area contributed by atoms with Crippen LogP contribution < -0.4 is 10.1 Å². The van der Waals surface area contributed by atoms with E-state index in [4.69, 9.17) is 0 Å². The van der Waals surface area contributed by atoms with Crippen LogP contribution in [0.15, 0.2) is 18.3 Å². The van der Waals surface area contributed by atoms with Gasteiger partial charge in [-0.25, -0.2) is 13.8 Å². The Morgan fingerprint density at radius 3 is 2.54 bits per heavy atom. The van der Waals surface area contributed by atoms with Crippen molar-refractivity contribution in [3.63, 3.8) is 0 Å². The van der Waals surface area contributed by atoms with Crippen molar-refractivity contribution in [1.29, 1.82) is 0 Å². The molecular formula is C16H19F5N2O3. The Hall–Kier alpha value is -1.97. The fourth-order valence-corrected chi connectivity index (χ4v) is 2.62. The third-order valence-corrected chi connectivity index (χ3v) is 4.07. The SMILES string of the molecule is O=C(CC1(O)CCC(F)(F)CC1)NCc1ccnc(OCC(F)(F)F)c1. The van der Waals surface area contributed by atoms with E-state index in [9.17, 15) is 31.9 Å². The summed E-state index contributed by atoms with van der Waals surface area (Å²) in [7, 11) is 0. The first-order chi connectivity index (χ1) is 12.0. The van der Waals surface area contributed by atoms with Gasteiger partial charge in [0.15, 0.2) is 6.61 Å². The average molecular weight is 382 g/mol. The van der Waals surface area contributed by atoms with E-state index in [0.717, 1.165) is 0 Å². The second kappa shape index (κ2) is 7.73. The van der Waals surface area contributed by atoms with Gasteiger partial charge in [-0.15, -0.1) is 0 Å². The number of alkyl halides is 5. The maximum atomic E-state index is 13.1. The van der Waals surface area contributed by atoms with Gasteiger partial charge in [-0.2, -0.15) is 13.2 Å². The van der Waals surface area contributed by atoms with E-state index in [1.54, 1.807) is 0 Å². The lowest BCUT2D eigenvalue weighted by molar-refractivity contribution is -0.154. The highest BCUT2D eigenvalue weighted by molar-refractivity contribution is 5.77. The smallest absolute Gasteiger partial charge is 0.422 e. The number of carbonyl (C=O) groups is 1. The largest absolute Gasteiger partial charge is 0.468 e. The lowest BCUT2D eigenvalue weighted by Crippen LogP contribution is -2.42. The molecule has 1 aliphatic rings. The van der Waals surface area contributed by atoms with Gasteiger partial charge >= 0.3 is 6.18 Å². The molecule has 0 unspecified atom stereocenters. The van der Waals surface area contributed by atoms with Crippen molar-refractivity contribution in [3.8, 4) is 5.88 Å². The van der Waals surface area contributed by atoms with Gasteiger partial charge in [0.2, 0.25) is 17.7 Å². The summed E-state index contributed by atoms with van der Waals surface area (Å²) in [5.41, 5.74) is -1.02. The van der Waals surface area contributed by atoms with Gasteiger partial charge < -0.3 is 15.2 Å². The number of carbonyl (C=O) groups excluding carboxylic acids is 1. The highest BCUT2D eigenvalue weighted by Gasteiger charge is 2.43. The van der Waals surface area contributed by atoms with Crippen molar-refractivity contribution >= 4 is 5.91 Å². The number of aliphatic hydroxyl groups is 1. The number of aromatic nitrogens is 1. The second-order valence-electron chi connectivity index (χ2n) is 6.44. The maximum Gasteiger partial charge on any atom is 0.422 e. The minimum absolute atomic E-state index is 0.0179. The number of nitrogens with one attached hydrogen (secondary N) is 1. The van der Waals surface area contributed by atoms with Crippen LogP contribution in [0.3, 0.4) is 0 Å². The summed E-state index contributed by atoms with van der Waals surface area (Å²) in [6.07, 6.45) is -4.84. The normalized spacial score (nSPS) is 19.0. The van der Waals surface area contributed by atoms with Crippen LogP contribution in [0.1, 0.15) is 37.7 Å². The first-order valence-electron chi connectivity index (χ1n) is 7.98. The van der Waals surface area contributed by atoms with Crippen LogP contribution in [-0.4, -0.2) is 40.3 Å². The molecule has 0 spiro atoms. The zero-order chi connectivity index (χ0) is 19.4. The summed E-state index contributed by atoms with van der Waals surface area (Å²) in [4.78, 5) is 15.6. The minimum Gasteiger partial charge on any atom is -0.468 e. The third-order valence-electron chi connectivity index (χ3n) is 4.07. The summed E-state index contributed by atoms with van der Waals surface area (Å²) in [6, 6.07) is 2.73. The van der Waals surface area contributed by atoms with Crippen molar-refractivity contribution in [3.05, 3.63) is 23.9 Å². The number of amides is 1. The van der Waals surface area contributed by atoms with Crippen molar-refractivity contribution in [2.75, 3.05) is 6.61 Å².